The number of carbonyl (C=O) groups is 3. The maximum Gasteiger partial charge on any atom is 0.337 e. The topological polar surface area (TPSA) is 60.4 Å². The highest BCUT2D eigenvalue weighted by atomic mass is 16.5. The fourth-order valence-corrected chi connectivity index (χ4v) is 12.9. The average Bonchev–Trinajstić information content (AvgIpc) is 0.847. The van der Waals surface area contributed by atoms with Crippen LogP contribution in [0.4, 0.5) is 0 Å². The number of aryl methyl sites for hydroxylation is 6. The molecule has 0 unspecified atom stereocenters. The van der Waals surface area contributed by atoms with E-state index in [1.165, 1.54) is 128 Å². The largest absolute Gasteiger partial charge is 0.465 e. The Morgan fingerprint density at radius 1 is 0.260 bits per heavy atom. The van der Waals surface area contributed by atoms with Gasteiger partial charge in [0.15, 0.2) is 11.6 Å². The third-order valence-electron chi connectivity index (χ3n) is 19.7. The van der Waals surface area contributed by atoms with Crippen molar-refractivity contribution < 1.29 is 19.1 Å². The van der Waals surface area contributed by atoms with Crippen LogP contribution < -0.4 is 0 Å². The predicted molar refractivity (Wildman–Crippen MR) is 440 cm³/mol. The van der Waals surface area contributed by atoms with Crippen molar-refractivity contribution in [2.75, 3.05) is 7.11 Å². The second kappa shape index (κ2) is 38.1. The van der Waals surface area contributed by atoms with Crippen LogP contribution in [0.25, 0.3) is 89.0 Å². The molecular weight excluding hydrogens is 1270 g/mol. The summed E-state index contributed by atoms with van der Waals surface area (Å²) in [4.78, 5) is 34.2. The molecule has 14 rings (SSSR count). The zero-order valence-electron chi connectivity index (χ0n) is 62.1. The molecule has 0 aliphatic heterocycles. The predicted octanol–water partition coefficient (Wildman–Crippen LogP) is 26.9. The SMILES string of the molecule is CCc1ccc(-c2ccc(-c3ccc(C(=O)OC)cc3)cc2)cc1.CCc1ccc(-c2ccc(-c3ccc(C(C)=O)cc3)cc2)cc1.CCc1ccc(-c2ccc(-c3ccc(C(C)=O)cc3)cc2)cc1.CCc1ccc(-c2ccc(-c3ccc(C)cc3)cc2)cc1.Cc1ccc(C2CCCCC2)cc1. The monoisotopic (exact) mass is 1360 g/mol. The van der Waals surface area contributed by atoms with Crippen molar-refractivity contribution in [3.8, 4) is 89.0 Å². The summed E-state index contributed by atoms with van der Waals surface area (Å²) in [5.74, 6) is 0.742. The van der Waals surface area contributed by atoms with Crippen molar-refractivity contribution in [1.29, 1.82) is 0 Å². The molecule has 104 heavy (non-hydrogen) atoms. The Bertz CT molecular complexity index is 4630. The van der Waals surface area contributed by atoms with Crippen molar-refractivity contribution in [2.24, 2.45) is 0 Å². The fourth-order valence-electron chi connectivity index (χ4n) is 12.9. The van der Waals surface area contributed by atoms with Gasteiger partial charge in [-0.25, -0.2) is 4.79 Å². The highest BCUT2D eigenvalue weighted by molar-refractivity contribution is 5.95. The van der Waals surface area contributed by atoms with Gasteiger partial charge in [0.2, 0.25) is 0 Å². The summed E-state index contributed by atoms with van der Waals surface area (Å²) >= 11 is 0. The van der Waals surface area contributed by atoms with Crippen LogP contribution in [-0.2, 0) is 30.4 Å². The average molecular weight is 1360 g/mol. The molecule has 1 saturated carbocycles. The van der Waals surface area contributed by atoms with Crippen molar-refractivity contribution in [2.45, 2.75) is 119 Å². The minimum absolute atomic E-state index is 0.0995. The number of esters is 1. The first-order chi connectivity index (χ1) is 50.7. The number of ether oxygens (including phenoxy) is 1. The molecule has 0 aromatic heterocycles. The normalized spacial score (nSPS) is 11.5. The van der Waals surface area contributed by atoms with Crippen LogP contribution in [0.3, 0.4) is 0 Å². The number of ketones is 2. The van der Waals surface area contributed by atoms with Crippen LogP contribution in [0.5, 0.6) is 0 Å². The Morgan fingerprint density at radius 2 is 0.442 bits per heavy atom. The number of Topliss-reactive ketones (excluding diaryl/α,β-unsaturated/α-hetero) is 2. The summed E-state index contributed by atoms with van der Waals surface area (Å²) in [5, 5.41) is 0. The van der Waals surface area contributed by atoms with Crippen molar-refractivity contribution >= 4 is 17.5 Å². The molecule has 1 fully saturated rings. The molecule has 1 aliphatic rings. The maximum absolute atomic E-state index is 11.5. The van der Waals surface area contributed by atoms with E-state index in [1.54, 1.807) is 31.5 Å². The molecular formula is C100H98O4. The first kappa shape index (κ1) is 75.3. The third kappa shape index (κ3) is 21.4. The first-order valence-electron chi connectivity index (χ1n) is 37.0. The van der Waals surface area contributed by atoms with E-state index in [-0.39, 0.29) is 17.5 Å². The van der Waals surface area contributed by atoms with Gasteiger partial charge in [0.05, 0.1) is 12.7 Å². The maximum atomic E-state index is 11.5. The molecule has 0 heterocycles. The molecule has 522 valence electrons. The number of methoxy groups -OCH3 is 1. The van der Waals surface area contributed by atoms with E-state index in [0.29, 0.717) is 5.56 Å². The number of hydrogen-bond acceptors (Lipinski definition) is 4. The Hall–Kier alpha value is -11.3. The van der Waals surface area contributed by atoms with Gasteiger partial charge in [-0.05, 0) is 201 Å². The van der Waals surface area contributed by atoms with E-state index >= 15 is 0 Å². The molecule has 0 N–H and O–H groups in total. The molecule has 0 radical (unpaired) electrons. The Labute approximate surface area is 619 Å². The standard InChI is InChI=1S/C22H20O2.2C22H20O.C21H20.C13H18/c1-3-16-4-6-17(7-5-16)18-8-10-19(11-9-18)20-12-14-21(15-13-20)22(23)24-2;2*1-3-17-4-6-19(7-5-17)21-12-14-22(15-13-21)20-10-8-18(9-11-20)16(2)23;1-3-17-6-10-19(11-7-17)21-14-12-20(13-15-21)18-8-4-16(2)5-9-18;1-11-7-9-13(10-8-11)12-5-3-2-4-6-12/h4-15H,3H2,1-2H3;2*4-15H,3H2,1-2H3;4-15H,3H2,1-2H3;7-10,12H,2-6H2,1H3. The van der Waals surface area contributed by atoms with Gasteiger partial charge in [-0.15, -0.1) is 0 Å². The minimum Gasteiger partial charge on any atom is -0.465 e. The van der Waals surface area contributed by atoms with Crippen LogP contribution in [0.1, 0.15) is 150 Å². The molecule has 13 aromatic carbocycles. The third-order valence-corrected chi connectivity index (χ3v) is 19.7. The summed E-state index contributed by atoms with van der Waals surface area (Å²) in [6, 6.07) is 110. The van der Waals surface area contributed by atoms with Gasteiger partial charge in [-0.2, -0.15) is 0 Å². The van der Waals surface area contributed by atoms with Crippen LogP contribution in [0.15, 0.2) is 315 Å². The molecule has 0 spiro atoms. The molecule has 0 amide bonds. The lowest BCUT2D eigenvalue weighted by Crippen LogP contribution is -2.04. The number of hydrogen-bond donors (Lipinski definition) is 0. The van der Waals surface area contributed by atoms with Gasteiger partial charge in [0.25, 0.3) is 0 Å². The molecule has 13 aromatic rings. The smallest absolute Gasteiger partial charge is 0.337 e. The van der Waals surface area contributed by atoms with Crippen LogP contribution in [0, 0.1) is 13.8 Å². The summed E-state index contributed by atoms with van der Waals surface area (Å²) in [6.07, 6.45) is 11.4. The Morgan fingerprint density at radius 3 is 0.644 bits per heavy atom. The lowest BCUT2D eigenvalue weighted by molar-refractivity contribution is 0.0600. The van der Waals surface area contributed by atoms with Gasteiger partial charge in [-0.3, -0.25) is 9.59 Å². The first-order valence-corrected chi connectivity index (χ1v) is 37.0. The molecule has 4 heteroatoms. The van der Waals surface area contributed by atoms with Gasteiger partial charge < -0.3 is 4.74 Å². The highest BCUT2D eigenvalue weighted by Gasteiger charge is 2.15. The van der Waals surface area contributed by atoms with Gasteiger partial charge in [-0.1, -0.05) is 361 Å². The summed E-state index contributed by atoms with van der Waals surface area (Å²) < 4.78 is 4.72. The number of carbonyl (C=O) groups excluding carboxylic acids is 3. The van der Waals surface area contributed by atoms with E-state index < -0.39 is 0 Å². The quantitative estimate of drug-likeness (QED) is 0.0714. The van der Waals surface area contributed by atoms with Crippen molar-refractivity contribution in [1.82, 2.24) is 0 Å². The van der Waals surface area contributed by atoms with Gasteiger partial charge in [0, 0.05) is 11.1 Å². The van der Waals surface area contributed by atoms with E-state index in [9.17, 15) is 14.4 Å². The molecule has 0 saturated heterocycles. The van der Waals surface area contributed by atoms with Crippen LogP contribution in [0.2, 0.25) is 0 Å². The minimum atomic E-state index is -0.313. The van der Waals surface area contributed by atoms with Crippen molar-refractivity contribution in [3.63, 3.8) is 0 Å². The zero-order chi connectivity index (χ0) is 73.2. The lowest BCUT2D eigenvalue weighted by Gasteiger charge is -2.21. The zero-order valence-corrected chi connectivity index (χ0v) is 62.1. The lowest BCUT2D eigenvalue weighted by atomic mass is 9.84. The summed E-state index contributed by atoms with van der Waals surface area (Å²) in [6.45, 7) is 16.1. The molecule has 1 aliphatic carbocycles. The van der Waals surface area contributed by atoms with Gasteiger partial charge in [0.1, 0.15) is 0 Å². The van der Waals surface area contributed by atoms with E-state index in [2.05, 4.69) is 284 Å². The second-order valence-corrected chi connectivity index (χ2v) is 27.0. The van der Waals surface area contributed by atoms with E-state index in [4.69, 9.17) is 4.74 Å². The molecule has 0 bridgehead atoms. The highest BCUT2D eigenvalue weighted by Crippen LogP contribution is 2.34. The van der Waals surface area contributed by atoms with E-state index in [0.717, 1.165) is 76.1 Å². The van der Waals surface area contributed by atoms with E-state index in [1.807, 2.05) is 60.7 Å². The Balaban J connectivity index is 0.000000141. The second-order valence-electron chi connectivity index (χ2n) is 27.0. The number of benzene rings is 13. The van der Waals surface area contributed by atoms with Crippen LogP contribution >= 0.6 is 0 Å². The summed E-state index contributed by atoms with van der Waals surface area (Å²) in [7, 11) is 1.39. The molecule has 0 atom stereocenters. The van der Waals surface area contributed by atoms with Crippen molar-refractivity contribution in [3.05, 3.63) is 371 Å². The molecule has 4 nitrogen and oxygen atoms in total. The fraction of sp³-hybridized carbons (Fsp3) is 0.190. The summed E-state index contributed by atoms with van der Waals surface area (Å²) in [5.41, 5.74) is 31.0. The number of rotatable bonds is 16. The van der Waals surface area contributed by atoms with Crippen LogP contribution in [-0.4, -0.2) is 24.6 Å². The Kier molecular flexibility index (Phi) is 27.6. The van der Waals surface area contributed by atoms with Gasteiger partial charge >= 0.3 is 5.97 Å².